The molecule has 2 aliphatic carbocycles. The zero-order valence-electron chi connectivity index (χ0n) is 12.3. The molecule has 108 valence electrons. The third kappa shape index (κ3) is 1.85. The molecule has 2 aromatic rings. The SMILES string of the molecule is CC1(C2CC2)c2cc(ccc2O)CCc2ccc(O)c1c2. The van der Waals surface area contributed by atoms with Gasteiger partial charge in [0.1, 0.15) is 11.5 Å². The number of hydrogen-bond acceptors (Lipinski definition) is 2. The molecule has 4 bridgehead atoms. The largest absolute Gasteiger partial charge is 0.508 e. The summed E-state index contributed by atoms with van der Waals surface area (Å²) in [4.78, 5) is 0. The van der Waals surface area contributed by atoms with Gasteiger partial charge in [0.25, 0.3) is 0 Å². The van der Waals surface area contributed by atoms with Crippen LogP contribution in [0.1, 0.15) is 42.0 Å². The lowest BCUT2D eigenvalue weighted by Crippen LogP contribution is -2.26. The van der Waals surface area contributed by atoms with E-state index in [0.29, 0.717) is 17.4 Å². The van der Waals surface area contributed by atoms with E-state index < -0.39 is 0 Å². The summed E-state index contributed by atoms with van der Waals surface area (Å²) in [6.07, 6.45) is 4.25. The lowest BCUT2D eigenvalue weighted by Gasteiger charge is -2.32. The first-order valence-electron chi connectivity index (χ1n) is 7.74. The number of aromatic hydroxyl groups is 2. The van der Waals surface area contributed by atoms with Crippen molar-refractivity contribution in [2.24, 2.45) is 5.92 Å². The highest BCUT2D eigenvalue weighted by Crippen LogP contribution is 2.55. The van der Waals surface area contributed by atoms with Crippen molar-refractivity contribution < 1.29 is 10.2 Å². The minimum Gasteiger partial charge on any atom is -0.508 e. The molecule has 2 N–H and O–H groups in total. The highest BCUT2D eigenvalue weighted by Gasteiger charge is 2.47. The molecular formula is C19H20O2. The number of hydrogen-bond donors (Lipinski definition) is 2. The summed E-state index contributed by atoms with van der Waals surface area (Å²) in [7, 11) is 0. The molecule has 0 amide bonds. The Morgan fingerprint density at radius 1 is 0.857 bits per heavy atom. The van der Waals surface area contributed by atoms with E-state index in [1.54, 1.807) is 0 Å². The summed E-state index contributed by atoms with van der Waals surface area (Å²) in [5.41, 5.74) is 4.16. The predicted molar refractivity (Wildman–Crippen MR) is 82.8 cm³/mol. The van der Waals surface area contributed by atoms with Gasteiger partial charge in [-0.05, 0) is 54.9 Å². The number of phenolic OH excluding ortho intramolecular Hbond substituents is 2. The highest BCUT2D eigenvalue weighted by molar-refractivity contribution is 5.54. The van der Waals surface area contributed by atoms with Crippen LogP contribution in [0.4, 0.5) is 0 Å². The van der Waals surface area contributed by atoms with Gasteiger partial charge in [-0.3, -0.25) is 0 Å². The fraction of sp³-hybridized carbons (Fsp3) is 0.368. The zero-order valence-corrected chi connectivity index (χ0v) is 12.3. The Morgan fingerprint density at radius 3 is 1.76 bits per heavy atom. The molecule has 2 heteroatoms. The average molecular weight is 280 g/mol. The van der Waals surface area contributed by atoms with E-state index in [0.717, 1.165) is 36.8 Å². The maximum absolute atomic E-state index is 10.4. The van der Waals surface area contributed by atoms with Crippen LogP contribution in [0.5, 0.6) is 11.5 Å². The summed E-state index contributed by atoms with van der Waals surface area (Å²) >= 11 is 0. The van der Waals surface area contributed by atoms with Crippen molar-refractivity contribution in [2.45, 2.75) is 38.0 Å². The fourth-order valence-electron chi connectivity index (χ4n) is 3.84. The summed E-state index contributed by atoms with van der Waals surface area (Å²) in [5, 5.41) is 20.9. The van der Waals surface area contributed by atoms with Gasteiger partial charge in [0, 0.05) is 16.5 Å². The quantitative estimate of drug-likeness (QED) is 0.831. The van der Waals surface area contributed by atoms with Crippen LogP contribution in [0.25, 0.3) is 0 Å². The van der Waals surface area contributed by atoms with Crippen molar-refractivity contribution in [1.82, 2.24) is 0 Å². The van der Waals surface area contributed by atoms with Gasteiger partial charge >= 0.3 is 0 Å². The van der Waals surface area contributed by atoms with Gasteiger partial charge in [0.05, 0.1) is 0 Å². The molecule has 0 atom stereocenters. The first-order chi connectivity index (χ1) is 10.1. The number of rotatable bonds is 1. The van der Waals surface area contributed by atoms with Gasteiger partial charge in [-0.15, -0.1) is 0 Å². The van der Waals surface area contributed by atoms with E-state index in [1.807, 2.05) is 24.3 Å². The molecule has 0 spiro atoms. The van der Waals surface area contributed by atoms with Crippen LogP contribution in [0.15, 0.2) is 36.4 Å². The van der Waals surface area contributed by atoms with Crippen LogP contribution in [-0.4, -0.2) is 10.2 Å². The summed E-state index contributed by atoms with van der Waals surface area (Å²) in [5.74, 6) is 1.19. The molecule has 21 heavy (non-hydrogen) atoms. The van der Waals surface area contributed by atoms with Gasteiger partial charge < -0.3 is 10.2 Å². The highest BCUT2D eigenvalue weighted by atomic mass is 16.3. The molecule has 0 saturated heterocycles. The van der Waals surface area contributed by atoms with Gasteiger partial charge in [0.15, 0.2) is 0 Å². The topological polar surface area (TPSA) is 40.5 Å². The summed E-state index contributed by atoms with van der Waals surface area (Å²) < 4.78 is 0. The van der Waals surface area contributed by atoms with E-state index in [1.165, 1.54) is 11.1 Å². The Balaban J connectivity index is 2.05. The van der Waals surface area contributed by atoms with Crippen molar-refractivity contribution in [3.63, 3.8) is 0 Å². The molecule has 0 unspecified atom stereocenters. The Bertz CT molecular complexity index is 660. The normalized spacial score (nSPS) is 19.5. The minimum absolute atomic E-state index is 0.301. The van der Waals surface area contributed by atoms with Crippen molar-refractivity contribution in [2.75, 3.05) is 0 Å². The smallest absolute Gasteiger partial charge is 0.119 e. The third-order valence-corrected chi connectivity index (χ3v) is 5.34. The number of fused-ring (bicyclic) bond motifs is 4. The van der Waals surface area contributed by atoms with Gasteiger partial charge in [-0.25, -0.2) is 0 Å². The maximum atomic E-state index is 10.4. The average Bonchev–Trinajstić information content (AvgIpc) is 3.31. The standard InChI is InChI=1S/C19H20O2/c1-19(14-6-7-14)15-10-12(4-8-17(15)20)2-3-13-5-9-18(21)16(19)11-13/h4-5,8-11,14,20-21H,2-3,6-7H2,1H3. The fourth-order valence-corrected chi connectivity index (χ4v) is 3.84. The number of aryl methyl sites for hydroxylation is 2. The van der Waals surface area contributed by atoms with E-state index in [9.17, 15) is 10.2 Å². The monoisotopic (exact) mass is 280 g/mol. The van der Waals surface area contributed by atoms with E-state index >= 15 is 0 Å². The molecule has 1 saturated carbocycles. The molecule has 0 aliphatic heterocycles. The Hall–Kier alpha value is -1.96. The van der Waals surface area contributed by atoms with Gasteiger partial charge in [-0.2, -0.15) is 0 Å². The zero-order chi connectivity index (χ0) is 14.6. The van der Waals surface area contributed by atoms with Gasteiger partial charge in [-0.1, -0.05) is 31.2 Å². The van der Waals surface area contributed by atoms with Crippen molar-refractivity contribution in [3.8, 4) is 11.5 Å². The summed E-state index contributed by atoms with van der Waals surface area (Å²) in [6.45, 7) is 2.17. The second kappa shape index (κ2) is 4.27. The van der Waals surface area contributed by atoms with E-state index in [4.69, 9.17) is 0 Å². The lowest BCUT2D eigenvalue weighted by molar-refractivity contribution is 0.403. The van der Waals surface area contributed by atoms with Crippen LogP contribution < -0.4 is 0 Å². The minimum atomic E-state index is -0.301. The van der Waals surface area contributed by atoms with Crippen LogP contribution in [0.3, 0.4) is 0 Å². The van der Waals surface area contributed by atoms with Crippen LogP contribution in [-0.2, 0) is 18.3 Å². The second-order valence-electron chi connectivity index (χ2n) is 6.68. The predicted octanol–water partition coefficient (Wildman–Crippen LogP) is 3.91. The summed E-state index contributed by atoms with van der Waals surface area (Å²) in [6, 6.07) is 11.9. The van der Waals surface area contributed by atoms with Gasteiger partial charge in [0.2, 0.25) is 0 Å². The Labute approximate surface area is 125 Å². The molecule has 1 fully saturated rings. The first-order valence-corrected chi connectivity index (χ1v) is 7.74. The molecule has 4 rings (SSSR count). The lowest BCUT2D eigenvalue weighted by atomic mass is 9.71. The first kappa shape index (κ1) is 12.8. The van der Waals surface area contributed by atoms with Crippen molar-refractivity contribution in [3.05, 3.63) is 58.7 Å². The number of phenols is 2. The number of benzene rings is 2. The van der Waals surface area contributed by atoms with Crippen LogP contribution in [0, 0.1) is 5.92 Å². The molecule has 0 heterocycles. The molecular weight excluding hydrogens is 260 g/mol. The third-order valence-electron chi connectivity index (χ3n) is 5.34. The molecule has 2 aliphatic rings. The van der Waals surface area contributed by atoms with E-state index in [-0.39, 0.29) is 5.41 Å². The second-order valence-corrected chi connectivity index (χ2v) is 6.68. The van der Waals surface area contributed by atoms with Crippen molar-refractivity contribution in [1.29, 1.82) is 0 Å². The molecule has 2 aromatic carbocycles. The van der Waals surface area contributed by atoms with E-state index in [2.05, 4.69) is 19.1 Å². The Morgan fingerprint density at radius 2 is 1.33 bits per heavy atom. The molecule has 2 nitrogen and oxygen atoms in total. The van der Waals surface area contributed by atoms with Crippen LogP contribution >= 0.6 is 0 Å². The van der Waals surface area contributed by atoms with Crippen molar-refractivity contribution >= 4 is 0 Å². The Kier molecular flexibility index (Phi) is 2.59. The molecule has 0 aromatic heterocycles. The molecule has 0 radical (unpaired) electrons. The maximum Gasteiger partial charge on any atom is 0.119 e. The van der Waals surface area contributed by atoms with Crippen LogP contribution in [0.2, 0.25) is 0 Å².